The number of hydrogen-bond donors (Lipinski definition) is 2. The molecule has 0 aliphatic heterocycles. The fourth-order valence-corrected chi connectivity index (χ4v) is 3.68. The van der Waals surface area contributed by atoms with Crippen LogP contribution in [0.15, 0.2) is 18.5 Å². The van der Waals surface area contributed by atoms with Crippen LogP contribution in [0.2, 0.25) is 5.02 Å². The number of fused-ring (bicyclic) bond motifs is 1. The van der Waals surface area contributed by atoms with Gasteiger partial charge in [0.05, 0.1) is 16.8 Å². The van der Waals surface area contributed by atoms with E-state index in [-0.39, 0.29) is 28.9 Å². The van der Waals surface area contributed by atoms with Crippen molar-refractivity contribution >= 4 is 28.8 Å². The minimum absolute atomic E-state index is 0.153. The highest BCUT2D eigenvalue weighted by atomic mass is 35.5. The first-order valence-corrected chi connectivity index (χ1v) is 10.7. The van der Waals surface area contributed by atoms with Crippen LogP contribution in [0.3, 0.4) is 0 Å². The number of nitrogens with two attached hydrogens (primary N) is 1. The lowest BCUT2D eigenvalue weighted by Crippen LogP contribution is -2.32. The highest BCUT2D eigenvalue weighted by molar-refractivity contribution is 6.31. The van der Waals surface area contributed by atoms with Crippen molar-refractivity contribution in [2.75, 3.05) is 32.9 Å². The summed E-state index contributed by atoms with van der Waals surface area (Å²) in [6.45, 7) is 6.42. The van der Waals surface area contributed by atoms with Crippen LogP contribution < -0.4 is 15.8 Å². The second-order valence-electron chi connectivity index (χ2n) is 8.08. The Morgan fingerprint density at radius 3 is 2.78 bits per heavy atom. The molecule has 0 saturated carbocycles. The maximum absolute atomic E-state index is 15.0. The molecule has 0 bridgehead atoms. The number of carbonyl (C=O) groups excluding carboxylic acids is 1. The van der Waals surface area contributed by atoms with Gasteiger partial charge in [-0.05, 0) is 40.9 Å². The van der Waals surface area contributed by atoms with Crippen LogP contribution in [-0.4, -0.2) is 58.5 Å². The Balaban J connectivity index is 2.09. The highest BCUT2D eigenvalue weighted by Crippen LogP contribution is 2.34. The van der Waals surface area contributed by atoms with Crippen molar-refractivity contribution in [1.29, 1.82) is 0 Å². The van der Waals surface area contributed by atoms with Crippen molar-refractivity contribution < 1.29 is 13.9 Å². The minimum Gasteiger partial charge on any atom is -0.490 e. The quantitative estimate of drug-likeness (QED) is 0.534. The first kappa shape index (κ1) is 23.7. The Hall–Kier alpha value is -2.91. The van der Waals surface area contributed by atoms with Crippen LogP contribution in [0, 0.1) is 12.7 Å². The van der Waals surface area contributed by atoms with Gasteiger partial charge in [-0.2, -0.15) is 0 Å². The fraction of sp³-hybridized carbons (Fsp3) is 0.409. The molecule has 3 aromatic rings. The van der Waals surface area contributed by atoms with Gasteiger partial charge in [-0.25, -0.2) is 14.4 Å². The van der Waals surface area contributed by atoms with Crippen molar-refractivity contribution in [2.45, 2.75) is 33.3 Å². The summed E-state index contributed by atoms with van der Waals surface area (Å²) in [5, 5.41) is 2.58. The zero-order chi connectivity index (χ0) is 23.6. The van der Waals surface area contributed by atoms with E-state index in [2.05, 4.69) is 15.3 Å². The molecule has 0 saturated heterocycles. The molecule has 2 heterocycles. The number of ether oxygens (including phenoxy) is 1. The van der Waals surface area contributed by atoms with Gasteiger partial charge in [0.1, 0.15) is 28.5 Å². The standard InChI is InChI=1S/C22H28ClFN6O2/c1-12(2)32-20-14(11-16-28-13(3)19-21(25)26-7-9-30(16)19)10-15(23)18(24)17(20)22(31)27-6-8-29(4)5/h7,9-10,12H,6,8,11H2,1-5H3,(H2,25,26)(H,27,31). The summed E-state index contributed by atoms with van der Waals surface area (Å²) in [6.07, 6.45) is 3.30. The topological polar surface area (TPSA) is 97.8 Å². The molecule has 1 amide bonds. The zero-order valence-corrected chi connectivity index (χ0v) is 19.6. The predicted octanol–water partition coefficient (Wildman–Crippen LogP) is 3.08. The second kappa shape index (κ2) is 9.70. The largest absolute Gasteiger partial charge is 0.490 e. The van der Waals surface area contributed by atoms with E-state index in [1.165, 1.54) is 6.07 Å². The first-order valence-electron chi connectivity index (χ1n) is 10.3. The molecule has 32 heavy (non-hydrogen) atoms. The molecule has 8 nitrogen and oxygen atoms in total. The van der Waals surface area contributed by atoms with E-state index in [0.717, 1.165) is 0 Å². The molecule has 0 spiro atoms. The number of nitrogens with zero attached hydrogens (tertiary/aromatic N) is 4. The van der Waals surface area contributed by atoms with Crippen LogP contribution in [0.25, 0.3) is 5.52 Å². The number of rotatable bonds is 8. The Kier molecular flexibility index (Phi) is 7.20. The molecule has 0 fully saturated rings. The van der Waals surface area contributed by atoms with Crippen LogP contribution in [0.5, 0.6) is 5.75 Å². The number of aromatic nitrogens is 3. The Bertz CT molecular complexity index is 1150. The predicted molar refractivity (Wildman–Crippen MR) is 123 cm³/mol. The normalized spacial score (nSPS) is 11.5. The van der Waals surface area contributed by atoms with Crippen molar-refractivity contribution in [3.05, 3.63) is 51.9 Å². The number of hydrogen-bond acceptors (Lipinski definition) is 6. The van der Waals surface area contributed by atoms with Gasteiger partial charge in [0.2, 0.25) is 0 Å². The molecule has 3 rings (SSSR count). The summed E-state index contributed by atoms with van der Waals surface area (Å²) in [7, 11) is 3.77. The second-order valence-corrected chi connectivity index (χ2v) is 8.49. The molecule has 0 radical (unpaired) electrons. The van der Waals surface area contributed by atoms with Gasteiger partial charge in [0.15, 0.2) is 5.82 Å². The Labute approximate surface area is 191 Å². The van der Waals surface area contributed by atoms with E-state index in [0.29, 0.717) is 41.5 Å². The summed E-state index contributed by atoms with van der Waals surface area (Å²) in [5.74, 6) is -0.240. The van der Waals surface area contributed by atoms with Crippen molar-refractivity contribution in [3.63, 3.8) is 0 Å². The minimum atomic E-state index is -0.814. The third-order valence-corrected chi connectivity index (χ3v) is 5.13. The molecular weight excluding hydrogens is 435 g/mol. The van der Waals surface area contributed by atoms with Gasteiger partial charge < -0.3 is 20.7 Å². The van der Waals surface area contributed by atoms with Gasteiger partial charge in [-0.1, -0.05) is 11.6 Å². The molecule has 172 valence electrons. The molecule has 2 aromatic heterocycles. The lowest BCUT2D eigenvalue weighted by Gasteiger charge is -2.20. The van der Waals surface area contributed by atoms with Crippen LogP contribution >= 0.6 is 11.6 Å². The van der Waals surface area contributed by atoms with Crippen LogP contribution in [0.1, 0.15) is 41.3 Å². The Morgan fingerprint density at radius 2 is 2.12 bits per heavy atom. The van der Waals surface area contributed by atoms with Gasteiger partial charge in [0.25, 0.3) is 5.91 Å². The molecular formula is C22H28ClFN6O2. The average Bonchev–Trinajstić information content (AvgIpc) is 3.02. The summed E-state index contributed by atoms with van der Waals surface area (Å²) in [5.41, 5.74) is 7.76. The van der Waals surface area contributed by atoms with Gasteiger partial charge in [0, 0.05) is 37.5 Å². The number of aryl methyl sites for hydroxylation is 1. The van der Waals surface area contributed by atoms with Gasteiger partial charge in [-0.15, -0.1) is 0 Å². The summed E-state index contributed by atoms with van der Waals surface area (Å²) in [4.78, 5) is 23.5. The third kappa shape index (κ3) is 4.94. The van der Waals surface area contributed by atoms with E-state index < -0.39 is 11.7 Å². The lowest BCUT2D eigenvalue weighted by molar-refractivity contribution is 0.0940. The van der Waals surface area contributed by atoms with E-state index in [1.54, 1.807) is 12.4 Å². The van der Waals surface area contributed by atoms with Crippen LogP contribution in [-0.2, 0) is 6.42 Å². The fourth-order valence-electron chi connectivity index (χ4n) is 3.46. The number of anilines is 1. The summed E-state index contributed by atoms with van der Waals surface area (Å²) >= 11 is 6.19. The number of nitrogens with one attached hydrogen (secondary N) is 1. The first-order chi connectivity index (χ1) is 15.1. The molecule has 3 N–H and O–H groups in total. The molecule has 0 aliphatic carbocycles. The van der Waals surface area contributed by atoms with Crippen LogP contribution in [0.4, 0.5) is 10.2 Å². The number of benzene rings is 1. The number of imidazole rings is 1. The van der Waals surface area contributed by atoms with E-state index in [4.69, 9.17) is 22.1 Å². The molecule has 0 atom stereocenters. The average molecular weight is 463 g/mol. The van der Waals surface area contributed by atoms with Gasteiger partial charge >= 0.3 is 0 Å². The Morgan fingerprint density at radius 1 is 1.41 bits per heavy atom. The van der Waals surface area contributed by atoms with E-state index in [9.17, 15) is 4.79 Å². The van der Waals surface area contributed by atoms with Crippen molar-refractivity contribution in [2.24, 2.45) is 0 Å². The SMILES string of the molecule is Cc1nc(Cc2cc(Cl)c(F)c(C(=O)NCCN(C)C)c2OC(C)C)n2ccnc(N)c12. The zero-order valence-electron chi connectivity index (χ0n) is 18.9. The monoisotopic (exact) mass is 462 g/mol. The molecule has 0 aliphatic rings. The number of likely N-dealkylation sites (N-methyl/N-ethyl adjacent to an activating group) is 1. The third-order valence-electron chi connectivity index (χ3n) is 4.85. The van der Waals surface area contributed by atoms with E-state index in [1.807, 2.05) is 44.2 Å². The smallest absolute Gasteiger partial charge is 0.258 e. The van der Waals surface area contributed by atoms with Crippen molar-refractivity contribution in [3.8, 4) is 5.75 Å². The molecule has 10 heteroatoms. The number of amides is 1. The van der Waals surface area contributed by atoms with Crippen molar-refractivity contribution in [1.82, 2.24) is 24.6 Å². The van der Waals surface area contributed by atoms with E-state index >= 15 is 4.39 Å². The maximum Gasteiger partial charge on any atom is 0.258 e. The lowest BCUT2D eigenvalue weighted by atomic mass is 10.0. The number of carbonyl (C=O) groups is 1. The maximum atomic E-state index is 15.0. The molecule has 1 aromatic carbocycles. The number of halogens is 2. The summed E-state index contributed by atoms with van der Waals surface area (Å²) < 4.78 is 22.8. The molecule has 0 unspecified atom stereocenters. The number of nitrogen functional groups attached to an aromatic ring is 1. The summed E-state index contributed by atoms with van der Waals surface area (Å²) in [6, 6.07) is 1.48. The van der Waals surface area contributed by atoms with Gasteiger partial charge in [-0.3, -0.25) is 9.20 Å². The highest BCUT2D eigenvalue weighted by Gasteiger charge is 2.26.